The minimum absolute atomic E-state index is 0.459. The summed E-state index contributed by atoms with van der Waals surface area (Å²) in [4.78, 5) is 0. The predicted octanol–water partition coefficient (Wildman–Crippen LogP) is 1.41. The molecular weight excluding hydrogens is 188 g/mol. The van der Waals surface area contributed by atoms with E-state index >= 15 is 0 Å². The number of hydrogen-bond donors (Lipinski definition) is 2. The van der Waals surface area contributed by atoms with Gasteiger partial charge in [0.1, 0.15) is 0 Å². The van der Waals surface area contributed by atoms with Crippen LogP contribution >= 0.6 is 0 Å². The van der Waals surface area contributed by atoms with E-state index in [1.54, 1.807) is 0 Å². The van der Waals surface area contributed by atoms with Crippen molar-refractivity contribution in [1.29, 1.82) is 0 Å². The number of rotatable bonds is 4. The first-order valence-electron chi connectivity index (χ1n) is 6.45. The summed E-state index contributed by atoms with van der Waals surface area (Å²) in [6.45, 7) is 2.09. The van der Waals surface area contributed by atoms with Crippen LogP contribution in [0.4, 0.5) is 0 Å². The Bertz CT molecular complexity index is 172. The van der Waals surface area contributed by atoms with E-state index in [9.17, 15) is 0 Å². The van der Waals surface area contributed by atoms with E-state index < -0.39 is 0 Å². The van der Waals surface area contributed by atoms with E-state index in [0.717, 1.165) is 13.2 Å². The highest BCUT2D eigenvalue weighted by Gasteiger charge is 2.19. The highest BCUT2D eigenvalue weighted by Crippen LogP contribution is 2.18. The lowest BCUT2D eigenvalue weighted by atomic mass is 9.92. The van der Waals surface area contributed by atoms with Crippen LogP contribution in [-0.2, 0) is 4.74 Å². The molecule has 0 spiro atoms. The van der Waals surface area contributed by atoms with Crippen molar-refractivity contribution in [1.82, 2.24) is 5.32 Å². The van der Waals surface area contributed by atoms with Gasteiger partial charge < -0.3 is 15.8 Å². The van der Waals surface area contributed by atoms with Gasteiger partial charge in [-0.25, -0.2) is 0 Å². The second-order valence-electron chi connectivity index (χ2n) is 4.99. The zero-order chi connectivity index (χ0) is 10.5. The Morgan fingerprint density at radius 1 is 1.13 bits per heavy atom. The molecule has 1 aliphatic carbocycles. The molecule has 3 N–H and O–H groups in total. The van der Waals surface area contributed by atoms with Gasteiger partial charge in [0.15, 0.2) is 0 Å². The van der Waals surface area contributed by atoms with Crippen molar-refractivity contribution in [3.8, 4) is 0 Å². The van der Waals surface area contributed by atoms with Crippen molar-refractivity contribution in [3.63, 3.8) is 0 Å². The fourth-order valence-electron chi connectivity index (χ4n) is 2.64. The molecule has 1 saturated heterocycles. The van der Waals surface area contributed by atoms with Gasteiger partial charge in [0.2, 0.25) is 0 Å². The molecule has 2 rings (SSSR count). The standard InChI is InChI=1S/C12H24N2O/c13-10-3-5-11(6-4-10)14-8-7-12-2-1-9-15-12/h10-12,14H,1-9,13H2. The minimum atomic E-state index is 0.459. The summed E-state index contributed by atoms with van der Waals surface area (Å²) in [5, 5.41) is 3.63. The molecule has 1 unspecified atom stereocenters. The molecule has 1 saturated carbocycles. The first-order chi connectivity index (χ1) is 7.34. The van der Waals surface area contributed by atoms with Gasteiger partial charge in [0.05, 0.1) is 6.10 Å². The zero-order valence-electron chi connectivity index (χ0n) is 9.58. The monoisotopic (exact) mass is 212 g/mol. The van der Waals surface area contributed by atoms with Gasteiger partial charge >= 0.3 is 0 Å². The number of hydrogen-bond acceptors (Lipinski definition) is 3. The molecule has 88 valence electrons. The molecule has 0 amide bonds. The third-order valence-electron chi connectivity index (χ3n) is 3.70. The van der Waals surface area contributed by atoms with E-state index in [2.05, 4.69) is 5.32 Å². The fourth-order valence-corrected chi connectivity index (χ4v) is 2.64. The summed E-state index contributed by atoms with van der Waals surface area (Å²) in [7, 11) is 0. The molecule has 0 radical (unpaired) electrons. The number of nitrogens with one attached hydrogen (secondary N) is 1. The summed E-state index contributed by atoms with van der Waals surface area (Å²) in [6, 6.07) is 1.17. The average Bonchev–Trinajstić information content (AvgIpc) is 2.74. The van der Waals surface area contributed by atoms with E-state index in [4.69, 9.17) is 10.5 Å². The van der Waals surface area contributed by atoms with Crippen LogP contribution in [-0.4, -0.2) is 31.3 Å². The topological polar surface area (TPSA) is 47.3 Å². The van der Waals surface area contributed by atoms with Crippen molar-refractivity contribution in [2.75, 3.05) is 13.2 Å². The van der Waals surface area contributed by atoms with Crippen LogP contribution in [0.1, 0.15) is 44.9 Å². The summed E-state index contributed by atoms with van der Waals surface area (Å²) < 4.78 is 5.60. The molecule has 0 aromatic heterocycles. The Morgan fingerprint density at radius 2 is 1.93 bits per heavy atom. The van der Waals surface area contributed by atoms with Crippen LogP contribution in [0.15, 0.2) is 0 Å². The number of ether oxygens (including phenoxy) is 1. The molecule has 1 aliphatic heterocycles. The Hall–Kier alpha value is -0.120. The lowest BCUT2D eigenvalue weighted by Gasteiger charge is -2.27. The third kappa shape index (κ3) is 3.74. The molecule has 0 aromatic carbocycles. The highest BCUT2D eigenvalue weighted by atomic mass is 16.5. The van der Waals surface area contributed by atoms with Crippen LogP contribution in [0.2, 0.25) is 0 Å². The summed E-state index contributed by atoms with van der Waals surface area (Å²) in [5.74, 6) is 0. The van der Waals surface area contributed by atoms with Crippen molar-refractivity contribution in [2.45, 2.75) is 63.1 Å². The van der Waals surface area contributed by atoms with Crippen molar-refractivity contribution < 1.29 is 4.74 Å². The Balaban J connectivity index is 1.53. The van der Waals surface area contributed by atoms with Crippen LogP contribution in [0, 0.1) is 0 Å². The van der Waals surface area contributed by atoms with Crippen LogP contribution in [0.5, 0.6) is 0 Å². The van der Waals surface area contributed by atoms with E-state index in [1.807, 2.05) is 0 Å². The molecule has 1 heterocycles. The van der Waals surface area contributed by atoms with E-state index in [1.165, 1.54) is 44.9 Å². The Morgan fingerprint density at radius 3 is 2.60 bits per heavy atom. The van der Waals surface area contributed by atoms with Gasteiger partial charge in [-0.05, 0) is 51.5 Å². The van der Waals surface area contributed by atoms with E-state index in [-0.39, 0.29) is 0 Å². The second kappa shape index (κ2) is 5.83. The van der Waals surface area contributed by atoms with Crippen LogP contribution in [0.3, 0.4) is 0 Å². The van der Waals surface area contributed by atoms with Crippen molar-refractivity contribution in [3.05, 3.63) is 0 Å². The van der Waals surface area contributed by atoms with Gasteiger partial charge in [-0.3, -0.25) is 0 Å². The van der Waals surface area contributed by atoms with Gasteiger partial charge in [0.25, 0.3) is 0 Å². The van der Waals surface area contributed by atoms with Gasteiger partial charge in [-0.2, -0.15) is 0 Å². The first-order valence-corrected chi connectivity index (χ1v) is 6.45. The predicted molar refractivity (Wildman–Crippen MR) is 61.8 cm³/mol. The maximum Gasteiger partial charge on any atom is 0.0588 e. The van der Waals surface area contributed by atoms with Crippen LogP contribution in [0.25, 0.3) is 0 Å². The van der Waals surface area contributed by atoms with Crippen LogP contribution < -0.4 is 11.1 Å². The number of nitrogens with two attached hydrogens (primary N) is 1. The molecular formula is C12H24N2O. The Labute approximate surface area is 92.7 Å². The summed E-state index contributed by atoms with van der Waals surface area (Å²) in [5.41, 5.74) is 5.88. The van der Waals surface area contributed by atoms with Gasteiger partial charge in [-0.15, -0.1) is 0 Å². The zero-order valence-corrected chi connectivity index (χ0v) is 9.58. The third-order valence-corrected chi connectivity index (χ3v) is 3.70. The second-order valence-corrected chi connectivity index (χ2v) is 4.99. The average molecular weight is 212 g/mol. The maximum absolute atomic E-state index is 5.88. The van der Waals surface area contributed by atoms with Gasteiger partial charge in [-0.1, -0.05) is 0 Å². The summed E-state index contributed by atoms with van der Waals surface area (Å²) >= 11 is 0. The van der Waals surface area contributed by atoms with Crippen molar-refractivity contribution >= 4 is 0 Å². The fraction of sp³-hybridized carbons (Fsp3) is 1.00. The summed E-state index contributed by atoms with van der Waals surface area (Å²) in [6.07, 6.45) is 9.13. The molecule has 2 fully saturated rings. The molecule has 2 aliphatic rings. The highest BCUT2D eigenvalue weighted by molar-refractivity contribution is 4.79. The lowest BCUT2D eigenvalue weighted by molar-refractivity contribution is 0.103. The molecule has 15 heavy (non-hydrogen) atoms. The molecule has 0 aromatic rings. The normalized spacial score (nSPS) is 37.0. The van der Waals surface area contributed by atoms with Crippen molar-refractivity contribution in [2.24, 2.45) is 5.73 Å². The quantitative estimate of drug-likeness (QED) is 0.741. The molecule has 3 nitrogen and oxygen atoms in total. The maximum atomic E-state index is 5.88. The molecule has 0 bridgehead atoms. The molecule has 3 heteroatoms. The Kier molecular flexibility index (Phi) is 4.42. The molecule has 1 atom stereocenters. The largest absolute Gasteiger partial charge is 0.378 e. The van der Waals surface area contributed by atoms with Gasteiger partial charge in [0, 0.05) is 18.7 Å². The SMILES string of the molecule is NC1CCC(NCCC2CCCO2)CC1. The van der Waals surface area contributed by atoms with E-state index in [0.29, 0.717) is 18.2 Å². The lowest BCUT2D eigenvalue weighted by Crippen LogP contribution is -2.38. The minimum Gasteiger partial charge on any atom is -0.378 e. The first kappa shape index (κ1) is 11.4. The smallest absolute Gasteiger partial charge is 0.0588 e.